The second-order valence-electron chi connectivity index (χ2n) is 29.4. The molecule has 2 saturated heterocycles. The summed E-state index contributed by atoms with van der Waals surface area (Å²) in [5, 5.41) is 0. The van der Waals surface area contributed by atoms with Gasteiger partial charge in [-0.3, -0.25) is 0 Å². The molecule has 2 heterocycles. The van der Waals surface area contributed by atoms with E-state index in [0.29, 0.717) is 8.13 Å². The molecular formula is C42H105BSi12. The maximum atomic E-state index is 2.98. The average molecular weight is 958 g/mol. The summed E-state index contributed by atoms with van der Waals surface area (Å²) in [5.74, 6) is 2.17. The molecule has 0 unspecified atom stereocenters. The Hall–Kier alpha value is 2.67. The second-order valence-corrected chi connectivity index (χ2v) is 104. The van der Waals surface area contributed by atoms with Crippen LogP contribution in [0.5, 0.6) is 0 Å². The van der Waals surface area contributed by atoms with Crippen LogP contribution in [0.1, 0.15) is 66.2 Å². The molecule has 0 atom stereocenters. The van der Waals surface area contributed by atoms with Crippen LogP contribution in [0.15, 0.2) is 0 Å². The predicted octanol–water partition coefficient (Wildman–Crippen LogP) is 15.9. The first-order chi connectivity index (χ1) is 24.0. The molecule has 0 aromatic rings. The van der Waals surface area contributed by atoms with E-state index in [-0.39, 0.29) is 0 Å². The highest BCUT2D eigenvalue weighted by molar-refractivity contribution is 7.72. The zero-order chi connectivity index (χ0) is 43.7. The monoisotopic (exact) mass is 957 g/mol. The van der Waals surface area contributed by atoms with E-state index in [1.54, 1.807) is 38.5 Å². The van der Waals surface area contributed by atoms with E-state index in [1.165, 1.54) is 6.31 Å². The largest absolute Gasteiger partial charge is 0.150 e. The fraction of sp³-hybridized carbons (Fsp3) is 1.00. The summed E-state index contributed by atoms with van der Waals surface area (Å²) >= 11 is 0. The first-order valence-corrected chi connectivity index (χ1v) is 63.0. The quantitative estimate of drug-likeness (QED) is 0.127. The fourth-order valence-electron chi connectivity index (χ4n) is 17.7. The molecule has 2 aliphatic rings. The summed E-state index contributed by atoms with van der Waals surface area (Å²) in [6.45, 7) is 82.8. The Bertz CT molecular complexity index is 1160. The van der Waals surface area contributed by atoms with Crippen molar-refractivity contribution in [1.82, 2.24) is 0 Å². The summed E-state index contributed by atoms with van der Waals surface area (Å²) in [6, 6.07) is 0. The van der Waals surface area contributed by atoms with Gasteiger partial charge >= 0.3 is 0 Å². The molecule has 2 rings (SSSR count). The molecule has 2 aliphatic heterocycles. The van der Waals surface area contributed by atoms with Gasteiger partial charge in [-0.15, -0.1) is 0 Å². The summed E-state index contributed by atoms with van der Waals surface area (Å²) in [7, 11) is -16.2. The first kappa shape index (κ1) is 53.8. The van der Waals surface area contributed by atoms with Crippen LogP contribution in [0.2, 0.25) is 199 Å². The Labute approximate surface area is 363 Å². The van der Waals surface area contributed by atoms with Crippen LogP contribution in [0.3, 0.4) is 0 Å². The maximum Gasteiger partial charge on any atom is 0.150 e. The summed E-state index contributed by atoms with van der Waals surface area (Å²) in [4.78, 5) is 4.63. The summed E-state index contributed by atoms with van der Waals surface area (Å²) in [6.07, 6.45) is 10.7. The van der Waals surface area contributed by atoms with Crippen molar-refractivity contribution in [1.29, 1.82) is 0 Å². The Balaban J connectivity index is 3.88. The maximum absolute atomic E-state index is 2.98. The molecule has 0 aromatic carbocycles. The normalized spacial score (nSPS) is 21.3. The number of fused-ring (bicyclic) bond motifs is 2. The highest BCUT2D eigenvalue weighted by atomic mass is 29.6. The third-order valence-electron chi connectivity index (χ3n) is 15.4. The average Bonchev–Trinajstić information content (AvgIpc) is 2.83. The molecule has 55 heavy (non-hydrogen) atoms. The Kier molecular flexibility index (Phi) is 17.3. The summed E-state index contributed by atoms with van der Waals surface area (Å²) in [5.41, 5.74) is 1.91. The Morgan fingerprint density at radius 2 is 0.618 bits per heavy atom. The van der Waals surface area contributed by atoms with Gasteiger partial charge in [0.25, 0.3) is 0 Å². The molecule has 0 spiro atoms. The topological polar surface area (TPSA) is 0 Å². The van der Waals surface area contributed by atoms with Gasteiger partial charge in [0.05, 0.1) is 7.59 Å². The highest BCUT2D eigenvalue weighted by Crippen LogP contribution is 2.61. The van der Waals surface area contributed by atoms with Crippen LogP contribution in [-0.2, 0) is 0 Å². The van der Waals surface area contributed by atoms with Gasteiger partial charge in [-0.05, 0) is 8.13 Å². The van der Waals surface area contributed by atoms with E-state index in [0.717, 1.165) is 41.9 Å². The van der Waals surface area contributed by atoms with Crippen molar-refractivity contribution in [2.75, 3.05) is 0 Å². The van der Waals surface area contributed by atoms with E-state index in [9.17, 15) is 0 Å². The van der Waals surface area contributed by atoms with Crippen molar-refractivity contribution in [3.05, 3.63) is 0 Å². The third kappa shape index (κ3) is 11.4. The van der Waals surface area contributed by atoms with Crippen LogP contribution < -0.4 is 0 Å². The van der Waals surface area contributed by atoms with Gasteiger partial charge in [0.15, 0.2) is 0 Å². The van der Waals surface area contributed by atoms with Crippen LogP contribution in [0, 0.1) is 0 Å². The van der Waals surface area contributed by atoms with Crippen molar-refractivity contribution < 1.29 is 0 Å². The molecule has 13 heteroatoms. The number of rotatable bonds is 17. The van der Waals surface area contributed by atoms with E-state index in [1.807, 2.05) is 0 Å². The van der Waals surface area contributed by atoms with Crippen LogP contribution in [-0.4, -0.2) is 101 Å². The molecule has 0 radical (unpaired) electrons. The van der Waals surface area contributed by atoms with Crippen LogP contribution >= 0.6 is 0 Å². The van der Waals surface area contributed by atoms with Crippen molar-refractivity contribution in [3.63, 3.8) is 0 Å². The molecule has 324 valence electrons. The Morgan fingerprint density at radius 1 is 0.382 bits per heavy atom. The van der Waals surface area contributed by atoms with Crippen LogP contribution in [0.4, 0.5) is 0 Å². The van der Waals surface area contributed by atoms with Crippen molar-refractivity contribution >= 4 is 101 Å². The number of hydrogen-bond acceptors (Lipinski definition) is 0. The van der Waals surface area contributed by atoms with Gasteiger partial charge in [0, 0.05) is 72.2 Å². The molecule has 2 fully saturated rings. The van der Waals surface area contributed by atoms with E-state index in [2.05, 4.69) is 185 Å². The van der Waals surface area contributed by atoms with Crippen molar-refractivity contribution in [2.45, 2.75) is 265 Å². The molecule has 2 bridgehead atoms. The van der Waals surface area contributed by atoms with Gasteiger partial charge in [-0.1, -0.05) is 272 Å². The standard InChI is InChI=1S/C42H105BSi12/c1-35(2)54(39(46(5,6)7)47(8,9)10,40(48(11,12)13)49(14,15)16)44-45(43-37-31-29-32-38(43)34-30-33-37)55(36(3)4,41(50(17,18)19)51(20,21)22)42(52(23,24)25)53(26,27)28/h35-42,44H,29-34H2,1-28H3/b45-44+. The predicted molar refractivity (Wildman–Crippen MR) is 297 cm³/mol. The minimum absolute atomic E-state index is 0.544. The smallest absolute Gasteiger partial charge is 0.0698 e. The molecule has 0 N–H and O–H groups in total. The molecule has 0 aromatic heterocycles. The highest BCUT2D eigenvalue weighted by Gasteiger charge is 2.69. The van der Waals surface area contributed by atoms with Crippen LogP contribution in [0.25, 0.3) is 0 Å². The first-order valence-electron chi connectivity index (χ1n) is 23.8. The van der Waals surface area contributed by atoms with E-state index >= 15 is 0 Å². The molecular weight excluding hydrogens is 852 g/mol. The zero-order valence-electron chi connectivity index (χ0n) is 43.5. The molecule has 0 saturated carbocycles. The lowest BCUT2D eigenvalue weighted by Gasteiger charge is -2.67. The lowest BCUT2D eigenvalue weighted by Crippen LogP contribution is -2.80. The lowest BCUT2D eigenvalue weighted by molar-refractivity contribution is 0.450. The summed E-state index contributed by atoms with van der Waals surface area (Å²) < 4.78 is 0. The van der Waals surface area contributed by atoms with Gasteiger partial charge < -0.3 is 0 Å². The van der Waals surface area contributed by atoms with Gasteiger partial charge in [0.1, 0.15) is 6.31 Å². The SMILES string of the molecule is CC(C)[Si](/[SiH]=[Si](\B1C2CCCC1CCC2)[Si](C(C)C)(C([Si](C)(C)C)[Si](C)(C)C)C([Si](C)(C)C)[Si](C)(C)C)(C([Si](C)(C)C)[Si](C)(C)C)C([Si](C)(C)C)[Si](C)(C)C. The minimum atomic E-state index is -1.96. The van der Waals surface area contributed by atoms with Gasteiger partial charge in [-0.2, -0.15) is 0 Å². The number of hydrogen-bond donors (Lipinski definition) is 0. The zero-order valence-corrected chi connectivity index (χ0v) is 55.7. The van der Waals surface area contributed by atoms with Gasteiger partial charge in [0.2, 0.25) is 0 Å². The van der Waals surface area contributed by atoms with E-state index in [4.69, 9.17) is 0 Å². The van der Waals surface area contributed by atoms with Crippen molar-refractivity contribution in [2.24, 2.45) is 0 Å². The second kappa shape index (κ2) is 17.7. The molecule has 0 nitrogen and oxygen atoms in total. The third-order valence-corrected chi connectivity index (χ3v) is 132. The van der Waals surface area contributed by atoms with Gasteiger partial charge in [-0.25, -0.2) is 0 Å². The minimum Gasteiger partial charge on any atom is -0.0698 e. The molecule has 0 amide bonds. The fourth-order valence-corrected chi connectivity index (χ4v) is 233. The Morgan fingerprint density at radius 3 is 0.800 bits per heavy atom. The van der Waals surface area contributed by atoms with Crippen molar-refractivity contribution in [3.8, 4) is 0 Å². The van der Waals surface area contributed by atoms with E-state index < -0.39 is 87.1 Å². The molecule has 0 aliphatic carbocycles. The lowest BCUT2D eigenvalue weighted by atomic mass is 9.42.